The third-order valence-electron chi connectivity index (χ3n) is 3.26. The third kappa shape index (κ3) is 2.34. The summed E-state index contributed by atoms with van der Waals surface area (Å²) in [5, 5.41) is 3.28. The fourth-order valence-corrected chi connectivity index (χ4v) is 2.56. The van der Waals surface area contributed by atoms with Crippen molar-refractivity contribution in [3.05, 3.63) is 53.1 Å². The quantitative estimate of drug-likeness (QED) is 0.921. The first-order valence-corrected chi connectivity index (χ1v) is 6.82. The number of fused-ring (bicyclic) bond motifs is 1. The first-order chi connectivity index (χ1) is 9.65. The molecular formula is C15H14ClN3O. The molecule has 0 saturated heterocycles. The Balaban J connectivity index is 2.03. The summed E-state index contributed by atoms with van der Waals surface area (Å²) >= 11 is 6.10. The second kappa shape index (κ2) is 5.13. The van der Waals surface area contributed by atoms with Crippen molar-refractivity contribution in [1.29, 1.82) is 0 Å². The van der Waals surface area contributed by atoms with Gasteiger partial charge in [0.2, 0.25) is 5.91 Å². The number of hydrogen-bond donors (Lipinski definition) is 1. The van der Waals surface area contributed by atoms with Crippen molar-refractivity contribution in [2.75, 3.05) is 5.32 Å². The molecule has 1 amide bonds. The highest BCUT2D eigenvalue weighted by Crippen LogP contribution is 2.31. The maximum atomic E-state index is 11.2. The summed E-state index contributed by atoms with van der Waals surface area (Å²) in [7, 11) is 0. The standard InChI is InChI=1S/C15H14ClN3O/c1-10(20)18-14-9-11(4-5-13(14)16)12-3-2-7-19-8-6-17-15(12)19/h3-6,8-9H,2,7H2,1H3,(H,18,20). The first-order valence-electron chi connectivity index (χ1n) is 6.44. The fraction of sp³-hybridized carbons (Fsp3) is 0.200. The van der Waals surface area contributed by atoms with Crippen molar-refractivity contribution in [3.8, 4) is 0 Å². The number of allylic oxidation sites excluding steroid dienone is 1. The van der Waals surface area contributed by atoms with Crippen LogP contribution in [0.4, 0.5) is 5.69 Å². The Morgan fingerprint density at radius 1 is 1.45 bits per heavy atom. The zero-order chi connectivity index (χ0) is 14.1. The molecule has 0 bridgehead atoms. The summed E-state index contributed by atoms with van der Waals surface area (Å²) in [5.74, 6) is 0.815. The number of anilines is 1. The number of benzene rings is 1. The van der Waals surface area contributed by atoms with E-state index in [4.69, 9.17) is 11.6 Å². The average Bonchev–Trinajstić information content (AvgIpc) is 2.89. The van der Waals surface area contributed by atoms with E-state index in [2.05, 4.69) is 20.9 Å². The number of carbonyl (C=O) groups excluding carboxylic acids is 1. The molecule has 1 aromatic heterocycles. The Hall–Kier alpha value is -2.07. The molecule has 0 spiro atoms. The van der Waals surface area contributed by atoms with Crippen LogP contribution in [0.15, 0.2) is 36.7 Å². The highest BCUT2D eigenvalue weighted by Gasteiger charge is 2.16. The van der Waals surface area contributed by atoms with Gasteiger partial charge in [-0.25, -0.2) is 4.98 Å². The molecule has 2 heterocycles. The number of aromatic nitrogens is 2. The molecular weight excluding hydrogens is 274 g/mol. The zero-order valence-corrected chi connectivity index (χ0v) is 11.8. The Kier molecular flexibility index (Phi) is 3.32. The third-order valence-corrected chi connectivity index (χ3v) is 3.59. The van der Waals surface area contributed by atoms with Crippen LogP contribution in [0, 0.1) is 0 Å². The molecule has 1 aliphatic heterocycles. The van der Waals surface area contributed by atoms with Crippen LogP contribution in [-0.2, 0) is 11.3 Å². The van der Waals surface area contributed by atoms with E-state index < -0.39 is 0 Å². The maximum absolute atomic E-state index is 11.2. The molecule has 20 heavy (non-hydrogen) atoms. The van der Waals surface area contributed by atoms with Crippen molar-refractivity contribution in [3.63, 3.8) is 0 Å². The molecule has 1 aromatic carbocycles. The van der Waals surface area contributed by atoms with Crippen LogP contribution in [0.2, 0.25) is 5.02 Å². The molecule has 1 aliphatic rings. The molecule has 0 fully saturated rings. The highest BCUT2D eigenvalue weighted by atomic mass is 35.5. The van der Waals surface area contributed by atoms with E-state index in [0.717, 1.165) is 29.9 Å². The van der Waals surface area contributed by atoms with E-state index in [-0.39, 0.29) is 5.91 Å². The van der Waals surface area contributed by atoms with E-state index in [0.29, 0.717) is 10.7 Å². The predicted molar refractivity (Wildman–Crippen MR) is 79.7 cm³/mol. The molecule has 1 N–H and O–H groups in total. The minimum absolute atomic E-state index is 0.136. The molecule has 102 valence electrons. The summed E-state index contributed by atoms with van der Waals surface area (Å²) in [6, 6.07) is 5.63. The second-order valence-electron chi connectivity index (χ2n) is 4.73. The minimum atomic E-state index is -0.136. The van der Waals surface area contributed by atoms with E-state index in [1.54, 1.807) is 12.3 Å². The lowest BCUT2D eigenvalue weighted by Gasteiger charge is -2.17. The number of amides is 1. The van der Waals surface area contributed by atoms with Gasteiger partial charge in [-0.2, -0.15) is 0 Å². The lowest BCUT2D eigenvalue weighted by Crippen LogP contribution is -2.09. The molecule has 3 rings (SSSR count). The lowest BCUT2D eigenvalue weighted by atomic mass is 10.0. The van der Waals surface area contributed by atoms with Crippen molar-refractivity contribution in [2.45, 2.75) is 19.9 Å². The van der Waals surface area contributed by atoms with Gasteiger partial charge in [-0.05, 0) is 24.1 Å². The number of carbonyl (C=O) groups is 1. The maximum Gasteiger partial charge on any atom is 0.221 e. The number of nitrogens with one attached hydrogen (secondary N) is 1. The molecule has 5 heteroatoms. The first kappa shape index (κ1) is 12.9. The minimum Gasteiger partial charge on any atom is -0.331 e. The Morgan fingerprint density at radius 3 is 3.10 bits per heavy atom. The van der Waals surface area contributed by atoms with Crippen molar-refractivity contribution < 1.29 is 4.79 Å². The molecule has 0 atom stereocenters. The molecule has 2 aromatic rings. The second-order valence-corrected chi connectivity index (χ2v) is 5.13. The number of halogens is 1. The number of aryl methyl sites for hydroxylation is 1. The van der Waals surface area contributed by atoms with Gasteiger partial charge in [0.15, 0.2) is 0 Å². The monoisotopic (exact) mass is 287 g/mol. The van der Waals surface area contributed by atoms with Gasteiger partial charge in [0.05, 0.1) is 10.7 Å². The number of hydrogen-bond acceptors (Lipinski definition) is 2. The predicted octanol–water partition coefficient (Wildman–Crippen LogP) is 3.33. The topological polar surface area (TPSA) is 46.9 Å². The van der Waals surface area contributed by atoms with Gasteiger partial charge in [-0.1, -0.05) is 23.7 Å². The van der Waals surface area contributed by atoms with Gasteiger partial charge < -0.3 is 9.88 Å². The SMILES string of the molecule is CC(=O)Nc1cc(C2=CCCn3ccnc32)ccc1Cl. The summed E-state index contributed by atoms with van der Waals surface area (Å²) < 4.78 is 2.13. The average molecular weight is 288 g/mol. The van der Waals surface area contributed by atoms with Crippen LogP contribution in [0.5, 0.6) is 0 Å². The Labute approximate surface area is 122 Å². The smallest absolute Gasteiger partial charge is 0.221 e. The fourth-order valence-electron chi connectivity index (χ4n) is 2.40. The van der Waals surface area contributed by atoms with Gasteiger partial charge in [-0.3, -0.25) is 4.79 Å². The van der Waals surface area contributed by atoms with Crippen molar-refractivity contribution in [1.82, 2.24) is 9.55 Å². The van der Waals surface area contributed by atoms with Crippen molar-refractivity contribution >= 4 is 28.8 Å². The Bertz CT molecular complexity index is 703. The van der Waals surface area contributed by atoms with Gasteiger partial charge >= 0.3 is 0 Å². The normalized spacial score (nSPS) is 13.6. The molecule has 0 unspecified atom stereocenters. The van der Waals surface area contributed by atoms with E-state index in [1.165, 1.54) is 6.92 Å². The van der Waals surface area contributed by atoms with Gasteiger partial charge in [-0.15, -0.1) is 0 Å². The Morgan fingerprint density at radius 2 is 2.30 bits per heavy atom. The van der Waals surface area contributed by atoms with Crippen LogP contribution >= 0.6 is 11.6 Å². The summed E-state index contributed by atoms with van der Waals surface area (Å²) in [6.45, 7) is 2.42. The number of imidazole rings is 1. The van der Waals surface area contributed by atoms with Gasteiger partial charge in [0, 0.05) is 31.4 Å². The van der Waals surface area contributed by atoms with Crippen LogP contribution < -0.4 is 5.32 Å². The van der Waals surface area contributed by atoms with Gasteiger partial charge in [0.1, 0.15) is 5.82 Å². The number of rotatable bonds is 2. The lowest BCUT2D eigenvalue weighted by molar-refractivity contribution is -0.114. The van der Waals surface area contributed by atoms with Gasteiger partial charge in [0.25, 0.3) is 0 Å². The molecule has 0 aliphatic carbocycles. The van der Waals surface area contributed by atoms with E-state index >= 15 is 0 Å². The summed E-state index contributed by atoms with van der Waals surface area (Å²) in [5.41, 5.74) is 2.70. The van der Waals surface area contributed by atoms with E-state index in [1.807, 2.05) is 18.3 Å². The van der Waals surface area contributed by atoms with E-state index in [9.17, 15) is 4.79 Å². The van der Waals surface area contributed by atoms with Crippen LogP contribution in [0.3, 0.4) is 0 Å². The molecule has 4 nitrogen and oxygen atoms in total. The van der Waals surface area contributed by atoms with Crippen LogP contribution in [-0.4, -0.2) is 15.5 Å². The summed E-state index contributed by atoms with van der Waals surface area (Å²) in [4.78, 5) is 15.6. The van der Waals surface area contributed by atoms with Crippen molar-refractivity contribution in [2.24, 2.45) is 0 Å². The van der Waals surface area contributed by atoms with Crippen LogP contribution in [0.1, 0.15) is 24.7 Å². The molecule has 0 saturated carbocycles. The highest BCUT2D eigenvalue weighted by molar-refractivity contribution is 6.33. The van der Waals surface area contributed by atoms with Crippen LogP contribution in [0.25, 0.3) is 5.57 Å². The number of nitrogens with zero attached hydrogens (tertiary/aromatic N) is 2. The molecule has 0 radical (unpaired) electrons. The largest absolute Gasteiger partial charge is 0.331 e. The zero-order valence-electron chi connectivity index (χ0n) is 11.1. The summed E-state index contributed by atoms with van der Waals surface area (Å²) in [6.07, 6.45) is 6.92.